The smallest absolute Gasteiger partial charge is 0.329 e. The van der Waals surface area contributed by atoms with Crippen molar-refractivity contribution in [1.82, 2.24) is 4.90 Å². The second-order valence-corrected chi connectivity index (χ2v) is 6.39. The summed E-state index contributed by atoms with van der Waals surface area (Å²) in [5.74, 6) is 0.144. The molecular formula is C15H17NO4S. The van der Waals surface area contributed by atoms with Crippen molar-refractivity contribution in [3.05, 3.63) is 34.9 Å². The first-order valence-electron chi connectivity index (χ1n) is 6.41. The van der Waals surface area contributed by atoms with Crippen LogP contribution in [0.5, 0.6) is 0 Å². The van der Waals surface area contributed by atoms with Crippen molar-refractivity contribution < 1.29 is 19.1 Å². The van der Waals surface area contributed by atoms with E-state index in [1.807, 2.05) is 19.1 Å². The SMILES string of the molecule is Cc1ccc(-c2ccc(C(=O)N(C)C(C)(C)C(=O)O)s2)o1. The molecule has 2 aromatic rings. The van der Waals surface area contributed by atoms with Crippen LogP contribution in [0.1, 0.15) is 29.3 Å². The van der Waals surface area contributed by atoms with E-state index in [-0.39, 0.29) is 5.91 Å². The molecule has 0 fully saturated rings. The number of rotatable bonds is 4. The molecule has 0 aromatic carbocycles. The number of carboxylic acids is 1. The van der Waals surface area contributed by atoms with Crippen LogP contribution in [0.2, 0.25) is 0 Å². The average Bonchev–Trinajstić information content (AvgIpc) is 3.05. The van der Waals surface area contributed by atoms with Crippen molar-refractivity contribution in [3.63, 3.8) is 0 Å². The topological polar surface area (TPSA) is 70.8 Å². The maximum atomic E-state index is 12.4. The van der Waals surface area contributed by atoms with Gasteiger partial charge in [0.15, 0.2) is 0 Å². The number of aryl methyl sites for hydroxylation is 1. The van der Waals surface area contributed by atoms with E-state index in [2.05, 4.69) is 0 Å². The number of carbonyl (C=O) groups excluding carboxylic acids is 1. The maximum absolute atomic E-state index is 12.4. The number of likely N-dealkylation sites (N-methyl/N-ethyl adjacent to an activating group) is 1. The molecule has 5 nitrogen and oxygen atoms in total. The number of carboxylic acid groups (broad SMARTS) is 1. The fourth-order valence-corrected chi connectivity index (χ4v) is 2.66. The minimum absolute atomic E-state index is 0.318. The van der Waals surface area contributed by atoms with Crippen molar-refractivity contribution >= 4 is 23.2 Å². The lowest BCUT2D eigenvalue weighted by Crippen LogP contribution is -2.50. The molecular weight excluding hydrogens is 290 g/mol. The van der Waals surface area contributed by atoms with Crippen molar-refractivity contribution in [1.29, 1.82) is 0 Å². The molecule has 0 saturated carbocycles. The first-order chi connectivity index (χ1) is 9.73. The number of furan rings is 1. The summed E-state index contributed by atoms with van der Waals surface area (Å²) in [4.78, 5) is 26.2. The zero-order valence-electron chi connectivity index (χ0n) is 12.3. The monoisotopic (exact) mass is 307 g/mol. The van der Waals surface area contributed by atoms with E-state index in [1.54, 1.807) is 12.1 Å². The third kappa shape index (κ3) is 2.85. The minimum Gasteiger partial charge on any atom is -0.480 e. The molecule has 0 bridgehead atoms. The molecule has 0 radical (unpaired) electrons. The fourth-order valence-electron chi connectivity index (χ4n) is 1.71. The quantitative estimate of drug-likeness (QED) is 0.941. The van der Waals surface area contributed by atoms with E-state index in [1.165, 1.54) is 37.1 Å². The molecule has 112 valence electrons. The van der Waals surface area contributed by atoms with Gasteiger partial charge in [-0.25, -0.2) is 4.79 Å². The van der Waals surface area contributed by atoms with Crippen LogP contribution in [0.3, 0.4) is 0 Å². The number of hydrogen-bond donors (Lipinski definition) is 1. The van der Waals surface area contributed by atoms with E-state index in [4.69, 9.17) is 4.42 Å². The molecule has 1 amide bonds. The van der Waals surface area contributed by atoms with Gasteiger partial charge in [-0.3, -0.25) is 4.79 Å². The van der Waals surface area contributed by atoms with Gasteiger partial charge in [-0.2, -0.15) is 0 Å². The highest BCUT2D eigenvalue weighted by atomic mass is 32.1. The van der Waals surface area contributed by atoms with Crippen LogP contribution in [0.15, 0.2) is 28.7 Å². The van der Waals surface area contributed by atoms with Gasteiger partial charge in [-0.1, -0.05) is 0 Å². The lowest BCUT2D eigenvalue weighted by molar-refractivity contribution is -0.147. The first kappa shape index (κ1) is 15.3. The Balaban J connectivity index is 2.25. The number of amides is 1. The van der Waals surface area contributed by atoms with E-state index in [0.29, 0.717) is 10.6 Å². The Hall–Kier alpha value is -2.08. The van der Waals surface area contributed by atoms with E-state index in [9.17, 15) is 14.7 Å². The molecule has 0 saturated heterocycles. The molecule has 0 atom stereocenters. The Morgan fingerprint density at radius 2 is 1.90 bits per heavy atom. The second-order valence-electron chi connectivity index (χ2n) is 5.30. The molecule has 2 heterocycles. The predicted octanol–water partition coefficient (Wildman–Crippen LogP) is 3.25. The van der Waals surface area contributed by atoms with Crippen LogP contribution in [-0.4, -0.2) is 34.5 Å². The summed E-state index contributed by atoms with van der Waals surface area (Å²) in [5.41, 5.74) is -1.26. The number of thiophene rings is 1. The Kier molecular flexibility index (Phi) is 3.91. The molecule has 2 aromatic heterocycles. The molecule has 6 heteroatoms. The largest absolute Gasteiger partial charge is 0.480 e. The van der Waals surface area contributed by atoms with Crippen molar-refractivity contribution in [3.8, 4) is 10.6 Å². The summed E-state index contributed by atoms with van der Waals surface area (Å²) in [6, 6.07) is 7.20. The summed E-state index contributed by atoms with van der Waals surface area (Å²) in [5, 5.41) is 9.19. The molecule has 0 aliphatic rings. The van der Waals surface area contributed by atoms with Gasteiger partial charge >= 0.3 is 5.97 Å². The van der Waals surface area contributed by atoms with Crippen LogP contribution >= 0.6 is 11.3 Å². The van der Waals surface area contributed by atoms with Gasteiger partial charge in [-0.15, -0.1) is 11.3 Å². The maximum Gasteiger partial charge on any atom is 0.329 e. The summed E-state index contributed by atoms with van der Waals surface area (Å²) < 4.78 is 5.52. The van der Waals surface area contributed by atoms with Gasteiger partial charge in [0.05, 0.1) is 9.75 Å². The van der Waals surface area contributed by atoms with Gasteiger partial charge in [-0.05, 0) is 45.0 Å². The van der Waals surface area contributed by atoms with E-state index >= 15 is 0 Å². The van der Waals surface area contributed by atoms with Gasteiger partial charge in [0.2, 0.25) is 0 Å². The molecule has 0 aliphatic carbocycles. The molecule has 21 heavy (non-hydrogen) atoms. The highest BCUT2D eigenvalue weighted by Crippen LogP contribution is 2.31. The Morgan fingerprint density at radius 3 is 2.43 bits per heavy atom. The van der Waals surface area contributed by atoms with Crippen molar-refractivity contribution in [2.24, 2.45) is 0 Å². The van der Waals surface area contributed by atoms with Crippen molar-refractivity contribution in [2.45, 2.75) is 26.3 Å². The molecule has 1 N–H and O–H groups in total. The highest BCUT2D eigenvalue weighted by Gasteiger charge is 2.36. The summed E-state index contributed by atoms with van der Waals surface area (Å²) in [7, 11) is 1.49. The third-order valence-electron chi connectivity index (χ3n) is 3.47. The summed E-state index contributed by atoms with van der Waals surface area (Å²) in [6.07, 6.45) is 0. The lowest BCUT2D eigenvalue weighted by Gasteiger charge is -2.31. The number of carbonyl (C=O) groups is 2. The Bertz CT molecular complexity index is 683. The van der Waals surface area contributed by atoms with Gasteiger partial charge in [0, 0.05) is 7.05 Å². The van der Waals surface area contributed by atoms with E-state index in [0.717, 1.165) is 10.6 Å². The van der Waals surface area contributed by atoms with Crippen LogP contribution < -0.4 is 0 Å². The standard InChI is InChI=1S/C15H17NO4S/c1-9-5-6-10(20-9)11-7-8-12(21-11)13(17)16(4)15(2,3)14(18)19/h5-8H,1-4H3,(H,18,19). The zero-order valence-corrected chi connectivity index (χ0v) is 13.2. The highest BCUT2D eigenvalue weighted by molar-refractivity contribution is 7.17. The van der Waals surface area contributed by atoms with Crippen molar-refractivity contribution in [2.75, 3.05) is 7.05 Å². The Labute approximate surface area is 126 Å². The van der Waals surface area contributed by atoms with Crippen LogP contribution in [0.25, 0.3) is 10.6 Å². The number of hydrogen-bond acceptors (Lipinski definition) is 4. The molecule has 2 rings (SSSR count). The lowest BCUT2D eigenvalue weighted by atomic mass is 10.0. The minimum atomic E-state index is -1.26. The number of nitrogens with zero attached hydrogens (tertiary/aromatic N) is 1. The predicted molar refractivity (Wildman–Crippen MR) is 80.6 cm³/mol. The molecule has 0 aliphatic heterocycles. The van der Waals surface area contributed by atoms with E-state index < -0.39 is 11.5 Å². The fraction of sp³-hybridized carbons (Fsp3) is 0.333. The Morgan fingerprint density at radius 1 is 1.24 bits per heavy atom. The average molecular weight is 307 g/mol. The van der Waals surface area contributed by atoms with Crippen LogP contribution in [0, 0.1) is 6.92 Å². The third-order valence-corrected chi connectivity index (χ3v) is 4.55. The first-order valence-corrected chi connectivity index (χ1v) is 7.23. The summed E-state index contributed by atoms with van der Waals surface area (Å²) in [6.45, 7) is 4.85. The number of aliphatic carboxylic acids is 1. The zero-order chi connectivity index (χ0) is 15.8. The van der Waals surface area contributed by atoms with Gasteiger partial charge in [0.1, 0.15) is 17.1 Å². The van der Waals surface area contributed by atoms with Crippen LogP contribution in [-0.2, 0) is 4.79 Å². The molecule has 0 spiro atoms. The summed E-state index contributed by atoms with van der Waals surface area (Å²) >= 11 is 1.29. The van der Waals surface area contributed by atoms with Crippen LogP contribution in [0.4, 0.5) is 0 Å². The van der Waals surface area contributed by atoms with Gasteiger partial charge < -0.3 is 14.4 Å². The van der Waals surface area contributed by atoms with Gasteiger partial charge in [0.25, 0.3) is 5.91 Å². The molecule has 0 unspecified atom stereocenters. The normalized spacial score (nSPS) is 11.4. The second kappa shape index (κ2) is 5.37.